The third kappa shape index (κ3) is 9.08. The lowest BCUT2D eigenvalue weighted by Crippen LogP contribution is -2.56. The summed E-state index contributed by atoms with van der Waals surface area (Å²) in [5.74, 6) is -0.850. The molecule has 3 aromatic carbocycles. The molecule has 0 aliphatic rings. The van der Waals surface area contributed by atoms with Gasteiger partial charge in [0.05, 0.1) is 11.9 Å². The van der Waals surface area contributed by atoms with Crippen LogP contribution in [0.3, 0.4) is 0 Å². The SMILES string of the molecule is CC(C)(C)NC(=O)C(Cc1ccccc1)N(Cc1ccc(Cl)cc1)C(=O)CN(c1ccccc1Br)S(C)(=O)=O. The monoisotopic (exact) mass is 633 g/mol. The quantitative estimate of drug-likeness (QED) is 0.323. The first kappa shape index (κ1) is 30.7. The van der Waals surface area contributed by atoms with Gasteiger partial charge in [-0.25, -0.2) is 8.42 Å². The van der Waals surface area contributed by atoms with Gasteiger partial charge in [-0.2, -0.15) is 0 Å². The smallest absolute Gasteiger partial charge is 0.244 e. The first-order valence-corrected chi connectivity index (χ1v) is 15.4. The molecule has 0 radical (unpaired) electrons. The summed E-state index contributed by atoms with van der Waals surface area (Å²) in [6.45, 7) is 5.21. The third-order valence-corrected chi connectivity index (χ3v) is 7.88. The van der Waals surface area contributed by atoms with Crippen molar-refractivity contribution in [3.05, 3.63) is 99.5 Å². The molecule has 0 saturated carbocycles. The molecule has 0 spiro atoms. The predicted octanol–water partition coefficient (Wildman–Crippen LogP) is 5.42. The van der Waals surface area contributed by atoms with Crippen molar-refractivity contribution >= 4 is 55.1 Å². The van der Waals surface area contributed by atoms with Crippen LogP contribution in [0.2, 0.25) is 5.02 Å². The van der Waals surface area contributed by atoms with Crippen molar-refractivity contribution in [2.45, 2.75) is 45.3 Å². The van der Waals surface area contributed by atoms with Crippen LogP contribution in [0, 0.1) is 0 Å². The number of amides is 2. The van der Waals surface area contributed by atoms with Crippen LogP contribution in [0.5, 0.6) is 0 Å². The number of carbonyl (C=O) groups is 2. The Labute approximate surface area is 244 Å². The lowest BCUT2D eigenvalue weighted by atomic mass is 10.0. The third-order valence-electron chi connectivity index (χ3n) is 5.84. The highest BCUT2D eigenvalue weighted by atomic mass is 79.9. The minimum atomic E-state index is -3.84. The number of benzene rings is 3. The fourth-order valence-electron chi connectivity index (χ4n) is 4.04. The zero-order valence-electron chi connectivity index (χ0n) is 22.4. The molecule has 0 saturated heterocycles. The highest BCUT2D eigenvalue weighted by Gasteiger charge is 2.34. The van der Waals surface area contributed by atoms with Crippen LogP contribution >= 0.6 is 27.5 Å². The number of rotatable bonds is 10. The van der Waals surface area contributed by atoms with Crippen LogP contribution in [0.25, 0.3) is 0 Å². The molecule has 1 N–H and O–H groups in total. The Morgan fingerprint density at radius 1 is 0.923 bits per heavy atom. The Morgan fingerprint density at radius 3 is 2.08 bits per heavy atom. The number of halogens is 2. The second-order valence-corrected chi connectivity index (χ2v) is 13.5. The Kier molecular flexibility index (Phi) is 10.2. The number of anilines is 1. The van der Waals surface area contributed by atoms with Gasteiger partial charge < -0.3 is 10.2 Å². The molecule has 0 heterocycles. The maximum Gasteiger partial charge on any atom is 0.244 e. The molecule has 10 heteroatoms. The van der Waals surface area contributed by atoms with Crippen molar-refractivity contribution in [2.75, 3.05) is 17.1 Å². The van der Waals surface area contributed by atoms with E-state index in [1.54, 1.807) is 48.5 Å². The standard InChI is InChI=1S/C29H33BrClN3O4S/c1-29(2,3)32-28(36)26(18-21-10-6-5-7-11-21)33(19-22-14-16-23(31)17-15-22)27(35)20-34(39(4,37)38)25-13-9-8-12-24(25)30/h5-17,26H,18-20H2,1-4H3,(H,32,36). The van der Waals surface area contributed by atoms with Crippen molar-refractivity contribution in [2.24, 2.45) is 0 Å². The summed E-state index contributed by atoms with van der Waals surface area (Å²) in [6.07, 6.45) is 1.30. The molecule has 0 aromatic heterocycles. The molecular weight excluding hydrogens is 602 g/mol. The summed E-state index contributed by atoms with van der Waals surface area (Å²) in [5, 5.41) is 3.54. The van der Waals surface area contributed by atoms with Crippen LogP contribution < -0.4 is 9.62 Å². The number of nitrogens with one attached hydrogen (secondary N) is 1. The van der Waals surface area contributed by atoms with E-state index in [4.69, 9.17) is 11.6 Å². The minimum absolute atomic E-state index is 0.0820. The van der Waals surface area contributed by atoms with Gasteiger partial charge in [-0.1, -0.05) is 66.2 Å². The Balaban J connectivity index is 2.08. The van der Waals surface area contributed by atoms with Gasteiger partial charge in [-0.05, 0) is 72.1 Å². The van der Waals surface area contributed by atoms with Crippen molar-refractivity contribution in [3.63, 3.8) is 0 Å². The van der Waals surface area contributed by atoms with E-state index in [1.807, 2.05) is 51.1 Å². The van der Waals surface area contributed by atoms with E-state index in [0.29, 0.717) is 15.2 Å². The summed E-state index contributed by atoms with van der Waals surface area (Å²) < 4.78 is 27.3. The van der Waals surface area contributed by atoms with E-state index in [0.717, 1.165) is 21.7 Å². The zero-order valence-corrected chi connectivity index (χ0v) is 25.6. The number of carbonyl (C=O) groups excluding carboxylic acids is 2. The van der Waals surface area contributed by atoms with Crippen molar-refractivity contribution < 1.29 is 18.0 Å². The van der Waals surface area contributed by atoms with Gasteiger partial charge in [0.1, 0.15) is 12.6 Å². The van der Waals surface area contributed by atoms with Gasteiger partial charge in [0.15, 0.2) is 0 Å². The summed E-state index contributed by atoms with van der Waals surface area (Å²) in [5.41, 5.74) is 1.40. The highest BCUT2D eigenvalue weighted by molar-refractivity contribution is 9.10. The molecule has 1 unspecified atom stereocenters. The number of sulfonamides is 1. The molecule has 0 bridgehead atoms. The number of hydrogen-bond donors (Lipinski definition) is 1. The van der Waals surface area contributed by atoms with Crippen molar-refractivity contribution in [1.29, 1.82) is 0 Å². The molecule has 2 amide bonds. The van der Waals surface area contributed by atoms with Gasteiger partial charge in [0.2, 0.25) is 21.8 Å². The molecule has 1 atom stereocenters. The number of nitrogens with zero attached hydrogens (tertiary/aromatic N) is 2. The largest absolute Gasteiger partial charge is 0.350 e. The van der Waals surface area contributed by atoms with E-state index in [-0.39, 0.29) is 18.9 Å². The molecular formula is C29H33BrClN3O4S. The summed E-state index contributed by atoms with van der Waals surface area (Å²) in [6, 6.07) is 22.3. The highest BCUT2D eigenvalue weighted by Crippen LogP contribution is 2.28. The van der Waals surface area contributed by atoms with E-state index in [1.165, 1.54) is 4.90 Å². The van der Waals surface area contributed by atoms with Crippen LogP contribution in [-0.2, 0) is 32.6 Å². The second kappa shape index (κ2) is 13.0. The maximum atomic E-state index is 14.1. The average molecular weight is 635 g/mol. The Morgan fingerprint density at radius 2 is 1.51 bits per heavy atom. The van der Waals surface area contributed by atoms with E-state index < -0.39 is 34.1 Å². The summed E-state index contributed by atoms with van der Waals surface area (Å²) >= 11 is 9.48. The number of para-hydroxylation sites is 1. The predicted molar refractivity (Wildman–Crippen MR) is 160 cm³/mol. The average Bonchev–Trinajstić information content (AvgIpc) is 2.85. The lowest BCUT2D eigenvalue weighted by molar-refractivity contribution is -0.140. The van der Waals surface area contributed by atoms with E-state index >= 15 is 0 Å². The fourth-order valence-corrected chi connectivity index (χ4v) is 5.65. The molecule has 39 heavy (non-hydrogen) atoms. The van der Waals surface area contributed by atoms with Crippen molar-refractivity contribution in [1.82, 2.24) is 10.2 Å². The first-order valence-electron chi connectivity index (χ1n) is 12.4. The molecule has 3 rings (SSSR count). The van der Waals surface area contributed by atoms with Gasteiger partial charge in [-0.15, -0.1) is 0 Å². The Bertz CT molecular complexity index is 1390. The Hall–Kier alpha value is -2.88. The topological polar surface area (TPSA) is 86.8 Å². The summed E-state index contributed by atoms with van der Waals surface area (Å²) in [4.78, 5) is 29.2. The van der Waals surface area contributed by atoms with Crippen LogP contribution in [0.1, 0.15) is 31.9 Å². The first-order chi connectivity index (χ1) is 18.2. The molecule has 0 aliphatic carbocycles. The molecule has 208 valence electrons. The van der Waals surface area contributed by atoms with Gasteiger partial charge in [0.25, 0.3) is 0 Å². The lowest BCUT2D eigenvalue weighted by Gasteiger charge is -2.35. The number of hydrogen-bond acceptors (Lipinski definition) is 4. The molecule has 7 nitrogen and oxygen atoms in total. The van der Waals surface area contributed by atoms with Crippen LogP contribution in [0.4, 0.5) is 5.69 Å². The molecule has 3 aromatic rings. The van der Waals surface area contributed by atoms with Crippen LogP contribution in [-0.4, -0.2) is 49.5 Å². The van der Waals surface area contributed by atoms with Crippen LogP contribution in [0.15, 0.2) is 83.3 Å². The van der Waals surface area contributed by atoms with E-state index in [9.17, 15) is 18.0 Å². The fraction of sp³-hybridized carbons (Fsp3) is 0.310. The second-order valence-electron chi connectivity index (χ2n) is 10.3. The molecule has 0 aliphatic heterocycles. The summed E-state index contributed by atoms with van der Waals surface area (Å²) in [7, 11) is -3.84. The molecule has 0 fully saturated rings. The maximum absolute atomic E-state index is 14.1. The minimum Gasteiger partial charge on any atom is -0.350 e. The van der Waals surface area contributed by atoms with Gasteiger partial charge in [-0.3, -0.25) is 13.9 Å². The van der Waals surface area contributed by atoms with Gasteiger partial charge in [0, 0.05) is 28.0 Å². The van der Waals surface area contributed by atoms with Crippen molar-refractivity contribution in [3.8, 4) is 0 Å². The van der Waals surface area contributed by atoms with E-state index in [2.05, 4.69) is 21.2 Å². The normalized spacial score (nSPS) is 12.5. The zero-order chi connectivity index (χ0) is 28.8. The van der Waals surface area contributed by atoms with Gasteiger partial charge >= 0.3 is 0 Å².